The Hall–Kier alpha value is -1.16. The third-order valence-electron chi connectivity index (χ3n) is 2.78. The molecule has 1 aliphatic rings. The predicted molar refractivity (Wildman–Crippen MR) is 57.6 cm³/mol. The van der Waals surface area contributed by atoms with E-state index in [4.69, 9.17) is 10.5 Å². The zero-order valence-electron chi connectivity index (χ0n) is 9.02. The summed E-state index contributed by atoms with van der Waals surface area (Å²) in [7, 11) is 0. The van der Waals surface area contributed by atoms with Gasteiger partial charge in [-0.2, -0.15) is 0 Å². The van der Waals surface area contributed by atoms with E-state index in [-0.39, 0.29) is 12.1 Å². The Morgan fingerprint density at radius 3 is 2.87 bits per heavy atom. The van der Waals surface area contributed by atoms with Crippen molar-refractivity contribution in [1.82, 2.24) is 9.97 Å². The van der Waals surface area contributed by atoms with Gasteiger partial charge in [0.1, 0.15) is 6.10 Å². The summed E-state index contributed by atoms with van der Waals surface area (Å²) in [5.74, 6) is 0.650. The van der Waals surface area contributed by atoms with Crippen LogP contribution in [0, 0.1) is 6.92 Å². The number of aromatic nitrogens is 2. The van der Waals surface area contributed by atoms with E-state index >= 15 is 0 Å². The molecule has 0 radical (unpaired) electrons. The SMILES string of the molecule is Cc1nccnc1OC1CCCC(N)C1. The lowest BCUT2D eigenvalue weighted by Gasteiger charge is -2.26. The molecule has 82 valence electrons. The van der Waals surface area contributed by atoms with Gasteiger partial charge in [0.25, 0.3) is 0 Å². The topological polar surface area (TPSA) is 61.0 Å². The normalized spacial score (nSPS) is 26.3. The molecule has 1 saturated carbocycles. The van der Waals surface area contributed by atoms with Crippen LogP contribution in [0.1, 0.15) is 31.4 Å². The first-order chi connectivity index (χ1) is 7.25. The van der Waals surface area contributed by atoms with Crippen LogP contribution in [0.25, 0.3) is 0 Å². The first-order valence-corrected chi connectivity index (χ1v) is 5.45. The highest BCUT2D eigenvalue weighted by molar-refractivity contribution is 5.15. The van der Waals surface area contributed by atoms with Gasteiger partial charge in [-0.05, 0) is 32.6 Å². The summed E-state index contributed by atoms with van der Waals surface area (Å²) in [4.78, 5) is 8.32. The van der Waals surface area contributed by atoms with E-state index in [1.165, 1.54) is 0 Å². The Bertz CT molecular complexity index is 329. The lowest BCUT2D eigenvalue weighted by molar-refractivity contribution is 0.137. The van der Waals surface area contributed by atoms with E-state index in [0.29, 0.717) is 5.88 Å². The van der Waals surface area contributed by atoms with E-state index in [1.54, 1.807) is 12.4 Å². The summed E-state index contributed by atoms with van der Waals surface area (Å²) in [5, 5.41) is 0. The Morgan fingerprint density at radius 2 is 2.13 bits per heavy atom. The van der Waals surface area contributed by atoms with Crippen LogP contribution >= 0.6 is 0 Å². The lowest BCUT2D eigenvalue weighted by Crippen LogP contribution is -2.34. The molecule has 1 aliphatic carbocycles. The van der Waals surface area contributed by atoms with Gasteiger partial charge in [0, 0.05) is 18.4 Å². The highest BCUT2D eigenvalue weighted by atomic mass is 16.5. The van der Waals surface area contributed by atoms with Crippen LogP contribution in [0.5, 0.6) is 5.88 Å². The molecular formula is C11H17N3O. The fourth-order valence-electron chi connectivity index (χ4n) is 1.96. The molecule has 0 bridgehead atoms. The van der Waals surface area contributed by atoms with Crippen LogP contribution in [0.2, 0.25) is 0 Å². The fourth-order valence-corrected chi connectivity index (χ4v) is 1.96. The summed E-state index contributed by atoms with van der Waals surface area (Å²) < 4.78 is 5.80. The Morgan fingerprint density at radius 1 is 1.33 bits per heavy atom. The van der Waals surface area contributed by atoms with Gasteiger partial charge in [-0.1, -0.05) is 0 Å². The van der Waals surface area contributed by atoms with E-state index in [9.17, 15) is 0 Å². The van der Waals surface area contributed by atoms with Crippen LogP contribution in [-0.4, -0.2) is 22.1 Å². The quantitative estimate of drug-likeness (QED) is 0.797. The lowest BCUT2D eigenvalue weighted by atomic mass is 9.94. The van der Waals surface area contributed by atoms with Crippen molar-refractivity contribution in [2.75, 3.05) is 0 Å². The minimum Gasteiger partial charge on any atom is -0.473 e. The van der Waals surface area contributed by atoms with Crippen LogP contribution in [0.4, 0.5) is 0 Å². The molecule has 4 heteroatoms. The summed E-state index contributed by atoms with van der Waals surface area (Å²) in [6, 6.07) is 0.278. The van der Waals surface area contributed by atoms with Crippen molar-refractivity contribution in [3.8, 4) is 5.88 Å². The number of hydrogen-bond donors (Lipinski definition) is 1. The van der Waals surface area contributed by atoms with E-state index in [1.807, 2.05) is 6.92 Å². The van der Waals surface area contributed by atoms with Gasteiger partial charge >= 0.3 is 0 Å². The minimum atomic E-state index is 0.212. The molecular weight excluding hydrogens is 190 g/mol. The van der Waals surface area contributed by atoms with Crippen molar-refractivity contribution in [1.29, 1.82) is 0 Å². The average molecular weight is 207 g/mol. The highest BCUT2D eigenvalue weighted by Gasteiger charge is 2.21. The minimum absolute atomic E-state index is 0.212. The highest BCUT2D eigenvalue weighted by Crippen LogP contribution is 2.22. The number of hydrogen-bond acceptors (Lipinski definition) is 4. The Kier molecular flexibility index (Phi) is 3.16. The molecule has 1 heterocycles. The van der Waals surface area contributed by atoms with Crippen molar-refractivity contribution >= 4 is 0 Å². The first-order valence-electron chi connectivity index (χ1n) is 5.45. The summed E-state index contributed by atoms with van der Waals surface area (Å²) in [6.45, 7) is 1.91. The van der Waals surface area contributed by atoms with Gasteiger partial charge in [-0.15, -0.1) is 0 Å². The summed E-state index contributed by atoms with van der Waals surface area (Å²) in [6.07, 6.45) is 7.80. The van der Waals surface area contributed by atoms with E-state index < -0.39 is 0 Å². The van der Waals surface area contributed by atoms with Crippen molar-refractivity contribution in [3.63, 3.8) is 0 Å². The molecule has 2 N–H and O–H groups in total. The van der Waals surface area contributed by atoms with E-state index in [2.05, 4.69) is 9.97 Å². The molecule has 0 aliphatic heterocycles. The van der Waals surface area contributed by atoms with Crippen LogP contribution < -0.4 is 10.5 Å². The maximum atomic E-state index is 5.90. The maximum absolute atomic E-state index is 5.90. The van der Waals surface area contributed by atoms with Crippen molar-refractivity contribution in [3.05, 3.63) is 18.1 Å². The molecule has 0 saturated heterocycles. The number of nitrogens with two attached hydrogens (primary N) is 1. The Labute approximate surface area is 89.9 Å². The van der Waals surface area contributed by atoms with Gasteiger partial charge in [0.2, 0.25) is 5.88 Å². The molecule has 2 rings (SSSR count). The Balaban J connectivity index is 1.99. The number of rotatable bonds is 2. The molecule has 1 fully saturated rings. The third kappa shape index (κ3) is 2.65. The molecule has 0 spiro atoms. The molecule has 0 amide bonds. The van der Waals surface area contributed by atoms with Crippen molar-refractivity contribution < 1.29 is 4.74 Å². The van der Waals surface area contributed by atoms with Crippen molar-refractivity contribution in [2.45, 2.75) is 44.8 Å². The third-order valence-corrected chi connectivity index (χ3v) is 2.78. The molecule has 2 atom stereocenters. The van der Waals surface area contributed by atoms with Gasteiger partial charge in [0.05, 0.1) is 5.69 Å². The van der Waals surface area contributed by atoms with Crippen LogP contribution in [-0.2, 0) is 0 Å². The number of ether oxygens (including phenoxy) is 1. The molecule has 0 aromatic carbocycles. The predicted octanol–water partition coefficient (Wildman–Crippen LogP) is 1.43. The molecule has 4 nitrogen and oxygen atoms in total. The van der Waals surface area contributed by atoms with E-state index in [0.717, 1.165) is 31.4 Å². The second-order valence-corrected chi connectivity index (χ2v) is 4.11. The first kappa shape index (κ1) is 10.4. The van der Waals surface area contributed by atoms with Crippen LogP contribution in [0.15, 0.2) is 12.4 Å². The van der Waals surface area contributed by atoms with Crippen molar-refractivity contribution in [2.24, 2.45) is 5.73 Å². The van der Waals surface area contributed by atoms with Crippen LogP contribution in [0.3, 0.4) is 0 Å². The zero-order chi connectivity index (χ0) is 10.7. The molecule has 1 aromatic heterocycles. The van der Waals surface area contributed by atoms with Gasteiger partial charge in [-0.25, -0.2) is 4.98 Å². The second-order valence-electron chi connectivity index (χ2n) is 4.11. The smallest absolute Gasteiger partial charge is 0.235 e. The molecule has 2 unspecified atom stereocenters. The number of nitrogens with zero attached hydrogens (tertiary/aromatic N) is 2. The monoisotopic (exact) mass is 207 g/mol. The summed E-state index contributed by atoms with van der Waals surface area (Å²) in [5.41, 5.74) is 6.74. The second kappa shape index (κ2) is 4.57. The largest absolute Gasteiger partial charge is 0.473 e. The van der Waals surface area contributed by atoms with Gasteiger partial charge in [-0.3, -0.25) is 4.98 Å². The summed E-state index contributed by atoms with van der Waals surface area (Å²) >= 11 is 0. The average Bonchev–Trinajstić information content (AvgIpc) is 2.22. The number of aryl methyl sites for hydroxylation is 1. The molecule has 15 heavy (non-hydrogen) atoms. The zero-order valence-corrected chi connectivity index (χ0v) is 9.02. The standard InChI is InChI=1S/C11H17N3O/c1-8-11(14-6-5-13-8)15-10-4-2-3-9(12)7-10/h5-6,9-10H,2-4,7,12H2,1H3. The fraction of sp³-hybridized carbons (Fsp3) is 0.636. The molecule has 1 aromatic rings. The maximum Gasteiger partial charge on any atom is 0.235 e. The van der Waals surface area contributed by atoms with Gasteiger partial charge in [0.15, 0.2) is 0 Å². The van der Waals surface area contributed by atoms with Gasteiger partial charge < -0.3 is 10.5 Å².